The first-order valence-electron chi connectivity index (χ1n) is 29.6. The zero-order valence-corrected chi connectivity index (χ0v) is 44.8. The van der Waals surface area contributed by atoms with E-state index >= 15 is 0 Å². The molecule has 1 aliphatic rings. The quantitative estimate of drug-likeness (QED) is 0.0215. The minimum Gasteiger partial charge on any atom is -0.394 e. The Morgan fingerprint density at radius 1 is 0.493 bits per heavy atom. The summed E-state index contributed by atoms with van der Waals surface area (Å²) in [5, 5.41) is 76.1. The van der Waals surface area contributed by atoms with E-state index < -0.39 is 74.2 Å². The summed E-state index contributed by atoms with van der Waals surface area (Å²) in [5.74, 6) is -0.700. The van der Waals surface area contributed by atoms with Crippen molar-refractivity contribution in [3.63, 3.8) is 0 Å². The normalized spacial score (nSPS) is 20.4. The van der Waals surface area contributed by atoms with E-state index in [2.05, 4.69) is 31.3 Å². The van der Waals surface area contributed by atoms with E-state index in [1.807, 2.05) is 0 Å². The molecule has 11 heteroatoms. The lowest BCUT2D eigenvalue weighted by atomic mass is 9.98. The van der Waals surface area contributed by atoms with Gasteiger partial charge in [-0.2, -0.15) is 0 Å². The fourth-order valence-corrected chi connectivity index (χ4v) is 9.74. The smallest absolute Gasteiger partial charge is 0.249 e. The first-order valence-corrected chi connectivity index (χ1v) is 29.6. The van der Waals surface area contributed by atoms with E-state index in [4.69, 9.17) is 9.47 Å². The van der Waals surface area contributed by atoms with Gasteiger partial charge in [-0.25, -0.2) is 0 Å². The zero-order chi connectivity index (χ0) is 50.4. The summed E-state index contributed by atoms with van der Waals surface area (Å²) in [6.45, 7) is 3.48. The van der Waals surface area contributed by atoms with Gasteiger partial charge in [0, 0.05) is 0 Å². The van der Waals surface area contributed by atoms with Crippen LogP contribution in [0, 0.1) is 0 Å². The largest absolute Gasteiger partial charge is 0.394 e. The van der Waals surface area contributed by atoms with Crippen LogP contribution < -0.4 is 5.32 Å². The predicted molar refractivity (Wildman–Crippen MR) is 284 cm³/mol. The third-order valence-electron chi connectivity index (χ3n) is 14.6. The fourth-order valence-electron chi connectivity index (χ4n) is 9.74. The lowest BCUT2D eigenvalue weighted by Crippen LogP contribution is -2.60. The number of hydrogen-bond donors (Lipinski definition) is 8. The van der Waals surface area contributed by atoms with Gasteiger partial charge in [-0.05, 0) is 38.5 Å². The van der Waals surface area contributed by atoms with Gasteiger partial charge < -0.3 is 50.5 Å². The van der Waals surface area contributed by atoms with Crippen molar-refractivity contribution in [2.45, 2.75) is 339 Å². The number of amides is 1. The van der Waals surface area contributed by atoms with Crippen LogP contribution in [0.4, 0.5) is 0 Å². The highest BCUT2D eigenvalue weighted by Gasteiger charge is 2.44. The summed E-state index contributed by atoms with van der Waals surface area (Å²) in [7, 11) is 0. The average molecular weight is 985 g/mol. The number of aliphatic hydroxyl groups excluding tert-OH is 7. The summed E-state index contributed by atoms with van der Waals surface area (Å²) in [4.78, 5) is 13.2. The van der Waals surface area contributed by atoms with Gasteiger partial charge in [0.05, 0.1) is 25.4 Å². The highest BCUT2D eigenvalue weighted by atomic mass is 16.7. The first-order chi connectivity index (χ1) is 33.7. The van der Waals surface area contributed by atoms with Crippen LogP contribution in [0.2, 0.25) is 0 Å². The lowest BCUT2D eigenvalue weighted by molar-refractivity contribution is -0.303. The molecule has 1 aliphatic heterocycles. The summed E-state index contributed by atoms with van der Waals surface area (Å²) >= 11 is 0. The standard InChI is InChI=1S/C58H113NO10/c1-3-5-7-9-11-13-15-17-19-21-23-24-25-26-28-30-32-34-36-38-40-42-44-46-51(62)57(67)59-49(48-68-58-56(66)55(65)54(64)52(47-60)69-58)53(63)50(61)45-43-41-39-37-35-33-31-29-27-22-20-18-16-14-12-10-8-6-4-2/h37,39,49-56,58,60-66H,3-36,38,40-48H2,1-2H3,(H,59,67)/b39-37+. The maximum absolute atomic E-state index is 13.2. The molecule has 11 nitrogen and oxygen atoms in total. The molecule has 9 atom stereocenters. The molecular formula is C58H113NO10. The SMILES string of the molecule is CCCCCCCCCCCCCCCC/C=C/CCCC(O)C(O)C(COC1OC(CO)C(O)C(O)C1O)NC(=O)C(O)CCCCCCCCCCCCCCCCCCCCCCCCC. The van der Waals surface area contributed by atoms with Crippen molar-refractivity contribution < 1.29 is 50.0 Å². The third kappa shape index (κ3) is 36.4. The van der Waals surface area contributed by atoms with Crippen LogP contribution in [0.3, 0.4) is 0 Å². The molecule has 0 saturated carbocycles. The number of ether oxygens (including phenoxy) is 2. The van der Waals surface area contributed by atoms with Gasteiger partial charge in [0.15, 0.2) is 6.29 Å². The van der Waals surface area contributed by atoms with Crippen molar-refractivity contribution in [1.29, 1.82) is 0 Å². The Bertz CT molecular complexity index is 1130. The van der Waals surface area contributed by atoms with Gasteiger partial charge in [-0.1, -0.05) is 257 Å². The molecule has 69 heavy (non-hydrogen) atoms. The van der Waals surface area contributed by atoms with Crippen molar-refractivity contribution in [1.82, 2.24) is 5.32 Å². The van der Waals surface area contributed by atoms with Crippen molar-refractivity contribution in [3.05, 3.63) is 12.2 Å². The topological polar surface area (TPSA) is 189 Å². The first kappa shape index (κ1) is 65.9. The molecule has 0 aromatic rings. The molecule has 0 aromatic carbocycles. The maximum Gasteiger partial charge on any atom is 0.249 e. The van der Waals surface area contributed by atoms with Crippen LogP contribution in [0.1, 0.15) is 284 Å². The number of unbranched alkanes of at least 4 members (excludes halogenated alkanes) is 37. The number of allylic oxidation sites excluding steroid dienone is 2. The third-order valence-corrected chi connectivity index (χ3v) is 14.6. The average Bonchev–Trinajstić information content (AvgIpc) is 3.35. The second kappa shape index (κ2) is 47.8. The molecule has 1 saturated heterocycles. The van der Waals surface area contributed by atoms with Crippen molar-refractivity contribution in [2.75, 3.05) is 13.2 Å². The van der Waals surface area contributed by atoms with Crippen molar-refractivity contribution in [2.24, 2.45) is 0 Å². The molecule has 0 spiro atoms. The summed E-state index contributed by atoms with van der Waals surface area (Å²) in [6.07, 6.45) is 44.1. The van der Waals surface area contributed by atoms with Crippen molar-refractivity contribution in [3.8, 4) is 0 Å². The molecule has 0 aromatic heterocycles. The summed E-state index contributed by atoms with van der Waals surface area (Å²) < 4.78 is 11.1. The van der Waals surface area contributed by atoms with Gasteiger partial charge in [0.1, 0.15) is 36.6 Å². The molecule has 0 bridgehead atoms. The van der Waals surface area contributed by atoms with E-state index in [1.165, 1.54) is 205 Å². The Balaban J connectivity index is 2.31. The molecule has 0 aliphatic carbocycles. The second-order valence-corrected chi connectivity index (χ2v) is 21.1. The molecular weight excluding hydrogens is 871 g/mol. The monoisotopic (exact) mass is 984 g/mol. The Morgan fingerprint density at radius 3 is 1.25 bits per heavy atom. The minimum absolute atomic E-state index is 0.260. The zero-order valence-electron chi connectivity index (χ0n) is 44.8. The fraction of sp³-hybridized carbons (Fsp3) is 0.948. The summed E-state index contributed by atoms with van der Waals surface area (Å²) in [5.41, 5.74) is 0. The van der Waals surface area contributed by atoms with Crippen molar-refractivity contribution >= 4 is 5.91 Å². The number of carbonyl (C=O) groups is 1. The van der Waals surface area contributed by atoms with Gasteiger partial charge >= 0.3 is 0 Å². The van der Waals surface area contributed by atoms with Crippen LogP contribution in [-0.4, -0.2) is 110 Å². The van der Waals surface area contributed by atoms with E-state index in [0.717, 1.165) is 38.5 Å². The Hall–Kier alpha value is -1.15. The highest BCUT2D eigenvalue weighted by Crippen LogP contribution is 2.23. The molecule has 8 N–H and O–H groups in total. The number of nitrogens with one attached hydrogen (secondary N) is 1. The molecule has 0 radical (unpaired) electrons. The number of hydrogen-bond acceptors (Lipinski definition) is 10. The summed E-state index contributed by atoms with van der Waals surface area (Å²) in [6, 6.07) is -1.18. The number of aliphatic hydroxyl groups is 7. The number of rotatable bonds is 51. The Labute approximate surface area is 423 Å². The van der Waals surface area contributed by atoms with Gasteiger partial charge in [-0.3, -0.25) is 4.79 Å². The van der Waals surface area contributed by atoms with Crippen LogP contribution in [0.25, 0.3) is 0 Å². The maximum atomic E-state index is 13.2. The molecule has 1 rings (SSSR count). The van der Waals surface area contributed by atoms with E-state index in [-0.39, 0.29) is 12.8 Å². The molecule has 1 heterocycles. The van der Waals surface area contributed by atoms with Gasteiger partial charge in [-0.15, -0.1) is 0 Å². The second-order valence-electron chi connectivity index (χ2n) is 21.1. The minimum atomic E-state index is -1.66. The van der Waals surface area contributed by atoms with E-state index in [9.17, 15) is 40.5 Å². The van der Waals surface area contributed by atoms with Crippen LogP contribution in [0.15, 0.2) is 12.2 Å². The van der Waals surface area contributed by atoms with Crippen LogP contribution in [-0.2, 0) is 14.3 Å². The lowest BCUT2D eigenvalue weighted by Gasteiger charge is -2.40. The van der Waals surface area contributed by atoms with Gasteiger partial charge in [0.25, 0.3) is 0 Å². The van der Waals surface area contributed by atoms with Crippen LogP contribution >= 0.6 is 0 Å². The molecule has 1 amide bonds. The predicted octanol–water partition coefficient (Wildman–Crippen LogP) is 12.4. The Kier molecular flexibility index (Phi) is 45.7. The van der Waals surface area contributed by atoms with Gasteiger partial charge in [0.2, 0.25) is 5.91 Å². The van der Waals surface area contributed by atoms with Crippen LogP contribution in [0.5, 0.6) is 0 Å². The molecule has 410 valence electrons. The Morgan fingerprint density at radius 2 is 0.855 bits per heavy atom. The highest BCUT2D eigenvalue weighted by molar-refractivity contribution is 5.80. The number of carbonyl (C=O) groups excluding carboxylic acids is 1. The van der Waals surface area contributed by atoms with E-state index in [1.54, 1.807) is 0 Å². The molecule has 9 unspecified atom stereocenters. The van der Waals surface area contributed by atoms with E-state index in [0.29, 0.717) is 12.8 Å². The molecule has 1 fully saturated rings.